The SMILES string of the molecule is CCCCN(C)CCC(=O)Nc1ccc(F)cc1F. The van der Waals surface area contributed by atoms with E-state index in [4.69, 9.17) is 0 Å². The van der Waals surface area contributed by atoms with Crippen molar-refractivity contribution in [2.75, 3.05) is 25.5 Å². The molecular weight excluding hydrogens is 250 g/mol. The van der Waals surface area contributed by atoms with Gasteiger partial charge in [-0.25, -0.2) is 8.78 Å². The first-order valence-electron chi connectivity index (χ1n) is 6.46. The molecule has 1 N–H and O–H groups in total. The molecule has 0 aliphatic carbocycles. The second-order valence-corrected chi connectivity index (χ2v) is 4.58. The Morgan fingerprint density at radius 1 is 1.32 bits per heavy atom. The van der Waals surface area contributed by atoms with E-state index in [-0.39, 0.29) is 18.0 Å². The van der Waals surface area contributed by atoms with Gasteiger partial charge in [0.25, 0.3) is 0 Å². The molecule has 19 heavy (non-hydrogen) atoms. The number of anilines is 1. The minimum Gasteiger partial charge on any atom is -0.324 e. The van der Waals surface area contributed by atoms with Crippen molar-refractivity contribution in [3.63, 3.8) is 0 Å². The van der Waals surface area contributed by atoms with Crippen molar-refractivity contribution in [3.05, 3.63) is 29.8 Å². The zero-order valence-corrected chi connectivity index (χ0v) is 11.4. The Hall–Kier alpha value is -1.49. The molecule has 3 nitrogen and oxygen atoms in total. The summed E-state index contributed by atoms with van der Waals surface area (Å²) in [7, 11) is 1.95. The number of rotatable bonds is 7. The van der Waals surface area contributed by atoms with E-state index in [1.165, 1.54) is 6.07 Å². The summed E-state index contributed by atoms with van der Waals surface area (Å²) in [5, 5.41) is 2.44. The summed E-state index contributed by atoms with van der Waals surface area (Å²) < 4.78 is 26.0. The van der Waals surface area contributed by atoms with Crippen molar-refractivity contribution in [1.29, 1.82) is 0 Å². The molecule has 1 aromatic rings. The first-order valence-corrected chi connectivity index (χ1v) is 6.46. The molecule has 1 amide bonds. The fraction of sp³-hybridized carbons (Fsp3) is 0.500. The van der Waals surface area contributed by atoms with E-state index in [9.17, 15) is 13.6 Å². The van der Waals surface area contributed by atoms with Crippen LogP contribution in [0.1, 0.15) is 26.2 Å². The molecule has 1 rings (SSSR count). The third-order valence-electron chi connectivity index (χ3n) is 2.82. The number of hydrogen-bond acceptors (Lipinski definition) is 2. The van der Waals surface area contributed by atoms with E-state index < -0.39 is 11.6 Å². The summed E-state index contributed by atoms with van der Waals surface area (Å²) in [6.45, 7) is 3.67. The molecule has 0 radical (unpaired) electrons. The summed E-state index contributed by atoms with van der Waals surface area (Å²) in [5.74, 6) is -1.68. The molecule has 0 aliphatic rings. The van der Waals surface area contributed by atoms with Gasteiger partial charge in [0.05, 0.1) is 5.69 Å². The van der Waals surface area contributed by atoms with Gasteiger partial charge in [0, 0.05) is 19.0 Å². The number of carbonyl (C=O) groups is 1. The predicted molar refractivity (Wildman–Crippen MR) is 72.0 cm³/mol. The lowest BCUT2D eigenvalue weighted by atomic mass is 10.2. The third-order valence-corrected chi connectivity index (χ3v) is 2.82. The predicted octanol–water partition coefficient (Wildman–Crippen LogP) is 3.03. The second-order valence-electron chi connectivity index (χ2n) is 4.58. The molecule has 1 aromatic carbocycles. The fourth-order valence-corrected chi connectivity index (χ4v) is 1.64. The van der Waals surface area contributed by atoms with Crippen LogP contribution in [0.15, 0.2) is 18.2 Å². The van der Waals surface area contributed by atoms with E-state index in [0.717, 1.165) is 31.5 Å². The van der Waals surface area contributed by atoms with E-state index in [1.807, 2.05) is 7.05 Å². The van der Waals surface area contributed by atoms with Gasteiger partial charge in [-0.3, -0.25) is 4.79 Å². The molecule has 0 aromatic heterocycles. The van der Waals surface area contributed by atoms with Gasteiger partial charge in [0.2, 0.25) is 5.91 Å². The first-order chi connectivity index (χ1) is 9.02. The van der Waals surface area contributed by atoms with Gasteiger partial charge in [-0.2, -0.15) is 0 Å². The lowest BCUT2D eigenvalue weighted by Gasteiger charge is -2.15. The highest BCUT2D eigenvalue weighted by Crippen LogP contribution is 2.15. The van der Waals surface area contributed by atoms with E-state index in [2.05, 4.69) is 17.1 Å². The number of nitrogens with zero attached hydrogens (tertiary/aromatic N) is 1. The first kappa shape index (κ1) is 15.6. The largest absolute Gasteiger partial charge is 0.324 e. The van der Waals surface area contributed by atoms with Crippen LogP contribution in [-0.2, 0) is 4.79 Å². The highest BCUT2D eigenvalue weighted by atomic mass is 19.1. The van der Waals surface area contributed by atoms with Crippen LogP contribution in [0.4, 0.5) is 14.5 Å². The summed E-state index contributed by atoms with van der Waals surface area (Å²) in [6.07, 6.45) is 2.49. The average molecular weight is 270 g/mol. The van der Waals surface area contributed by atoms with Crippen molar-refractivity contribution >= 4 is 11.6 Å². The van der Waals surface area contributed by atoms with Crippen molar-refractivity contribution in [2.24, 2.45) is 0 Å². The zero-order chi connectivity index (χ0) is 14.3. The van der Waals surface area contributed by atoms with Crippen molar-refractivity contribution in [2.45, 2.75) is 26.2 Å². The molecule has 0 saturated heterocycles. The van der Waals surface area contributed by atoms with Crippen molar-refractivity contribution < 1.29 is 13.6 Å². The van der Waals surface area contributed by atoms with Crippen LogP contribution in [0, 0.1) is 11.6 Å². The maximum absolute atomic E-state index is 13.3. The van der Waals surface area contributed by atoms with Crippen LogP contribution >= 0.6 is 0 Å². The molecule has 0 heterocycles. The second kappa shape index (κ2) is 7.84. The van der Waals surface area contributed by atoms with E-state index in [0.29, 0.717) is 6.54 Å². The Labute approximate surface area is 112 Å². The Bertz CT molecular complexity index is 424. The van der Waals surface area contributed by atoms with Gasteiger partial charge in [0.15, 0.2) is 0 Å². The molecule has 0 aliphatic heterocycles. The van der Waals surface area contributed by atoms with Crippen molar-refractivity contribution in [3.8, 4) is 0 Å². The smallest absolute Gasteiger partial charge is 0.225 e. The van der Waals surface area contributed by atoms with Crippen LogP contribution < -0.4 is 5.32 Å². The number of unbranched alkanes of at least 4 members (excludes halogenated alkanes) is 1. The Morgan fingerprint density at radius 2 is 2.05 bits per heavy atom. The van der Waals surface area contributed by atoms with E-state index >= 15 is 0 Å². The van der Waals surface area contributed by atoms with Gasteiger partial charge in [-0.1, -0.05) is 13.3 Å². The number of carbonyl (C=O) groups excluding carboxylic acids is 1. The molecule has 5 heteroatoms. The monoisotopic (exact) mass is 270 g/mol. The average Bonchev–Trinajstić information content (AvgIpc) is 2.37. The molecular formula is C14H20F2N2O. The standard InChI is InChI=1S/C14H20F2N2O/c1-3-4-8-18(2)9-7-14(19)17-13-6-5-11(15)10-12(13)16/h5-6,10H,3-4,7-9H2,1-2H3,(H,17,19). The highest BCUT2D eigenvalue weighted by molar-refractivity contribution is 5.90. The molecule has 0 bridgehead atoms. The number of nitrogens with one attached hydrogen (secondary N) is 1. The molecule has 0 unspecified atom stereocenters. The maximum Gasteiger partial charge on any atom is 0.225 e. The molecule has 0 fully saturated rings. The summed E-state index contributed by atoms with van der Waals surface area (Å²) >= 11 is 0. The number of benzene rings is 1. The van der Waals surface area contributed by atoms with Gasteiger partial charge < -0.3 is 10.2 Å². The molecule has 0 saturated carbocycles. The van der Waals surface area contributed by atoms with Crippen LogP contribution in [0.2, 0.25) is 0 Å². The fourth-order valence-electron chi connectivity index (χ4n) is 1.64. The normalized spacial score (nSPS) is 10.8. The van der Waals surface area contributed by atoms with Crippen molar-refractivity contribution in [1.82, 2.24) is 4.90 Å². The number of halogens is 2. The summed E-state index contributed by atoms with van der Waals surface area (Å²) in [4.78, 5) is 13.7. The highest BCUT2D eigenvalue weighted by Gasteiger charge is 2.08. The van der Waals surface area contributed by atoms with Gasteiger partial charge in [-0.05, 0) is 32.1 Å². The van der Waals surface area contributed by atoms with Gasteiger partial charge in [0.1, 0.15) is 11.6 Å². The Balaban J connectivity index is 2.38. The molecule has 106 valence electrons. The number of amides is 1. The summed E-state index contributed by atoms with van der Waals surface area (Å²) in [5.41, 5.74) is 0.0163. The third kappa shape index (κ3) is 5.79. The van der Waals surface area contributed by atoms with Crippen LogP contribution in [0.25, 0.3) is 0 Å². The van der Waals surface area contributed by atoms with Crippen LogP contribution in [0.5, 0.6) is 0 Å². The Kier molecular flexibility index (Phi) is 6.42. The lowest BCUT2D eigenvalue weighted by molar-refractivity contribution is -0.116. The van der Waals surface area contributed by atoms with Gasteiger partial charge >= 0.3 is 0 Å². The molecule has 0 atom stereocenters. The Morgan fingerprint density at radius 3 is 2.68 bits per heavy atom. The molecule has 0 spiro atoms. The van der Waals surface area contributed by atoms with E-state index in [1.54, 1.807) is 0 Å². The quantitative estimate of drug-likeness (QED) is 0.826. The summed E-state index contributed by atoms with van der Waals surface area (Å²) in [6, 6.07) is 3.10. The topological polar surface area (TPSA) is 32.3 Å². The van der Waals surface area contributed by atoms with Crippen LogP contribution in [-0.4, -0.2) is 30.9 Å². The van der Waals surface area contributed by atoms with Gasteiger partial charge in [-0.15, -0.1) is 0 Å². The zero-order valence-electron chi connectivity index (χ0n) is 11.4. The minimum absolute atomic E-state index is 0.0163. The number of hydrogen-bond donors (Lipinski definition) is 1. The lowest BCUT2D eigenvalue weighted by Crippen LogP contribution is -2.25. The maximum atomic E-state index is 13.3. The minimum atomic E-state index is -0.757. The van der Waals surface area contributed by atoms with Crippen LogP contribution in [0.3, 0.4) is 0 Å².